The Morgan fingerprint density at radius 1 is 1.57 bits per heavy atom. The standard InChI is InChI=1S/C14H21ClN4O2/c1-2-19-5-6-21-11(9-19)8-17-14(20)12-7-10(15)3-4-13(12)18-16/h3-4,7,11,18H,2,5-6,8-9,16H2,1H3,(H,17,20). The summed E-state index contributed by atoms with van der Waals surface area (Å²) >= 11 is 5.92. The summed E-state index contributed by atoms with van der Waals surface area (Å²) in [6.07, 6.45) is 0.0103. The predicted molar refractivity (Wildman–Crippen MR) is 83.4 cm³/mol. The number of carbonyl (C=O) groups excluding carboxylic acids is 1. The van der Waals surface area contributed by atoms with Gasteiger partial charge < -0.3 is 15.5 Å². The van der Waals surface area contributed by atoms with Crippen LogP contribution in [-0.2, 0) is 4.74 Å². The van der Waals surface area contributed by atoms with Crippen LogP contribution in [0.5, 0.6) is 0 Å². The van der Waals surface area contributed by atoms with Crippen LogP contribution in [0.4, 0.5) is 5.69 Å². The van der Waals surface area contributed by atoms with E-state index in [0.29, 0.717) is 29.4 Å². The van der Waals surface area contributed by atoms with Gasteiger partial charge in [-0.25, -0.2) is 0 Å². The lowest BCUT2D eigenvalue weighted by Gasteiger charge is -2.32. The number of nitrogen functional groups attached to an aromatic ring is 1. The maximum Gasteiger partial charge on any atom is 0.253 e. The van der Waals surface area contributed by atoms with Crippen LogP contribution in [0.25, 0.3) is 0 Å². The molecule has 1 amide bonds. The number of nitrogens with two attached hydrogens (primary N) is 1. The van der Waals surface area contributed by atoms with Gasteiger partial charge in [0, 0.05) is 24.7 Å². The van der Waals surface area contributed by atoms with Gasteiger partial charge in [0.1, 0.15) is 0 Å². The van der Waals surface area contributed by atoms with Crippen molar-refractivity contribution in [1.82, 2.24) is 10.2 Å². The zero-order valence-corrected chi connectivity index (χ0v) is 12.8. The molecule has 1 aliphatic rings. The second-order valence-electron chi connectivity index (χ2n) is 4.93. The van der Waals surface area contributed by atoms with Gasteiger partial charge in [0.2, 0.25) is 0 Å². The van der Waals surface area contributed by atoms with E-state index in [4.69, 9.17) is 22.2 Å². The zero-order valence-electron chi connectivity index (χ0n) is 12.1. The maximum absolute atomic E-state index is 12.2. The Morgan fingerprint density at radius 2 is 2.38 bits per heavy atom. The molecule has 1 aliphatic heterocycles. The molecule has 6 nitrogen and oxygen atoms in total. The number of amides is 1. The van der Waals surface area contributed by atoms with Crippen molar-refractivity contribution in [3.05, 3.63) is 28.8 Å². The number of likely N-dealkylation sites (N-methyl/N-ethyl adjacent to an activating group) is 1. The molecule has 2 rings (SSSR count). The highest BCUT2D eigenvalue weighted by atomic mass is 35.5. The summed E-state index contributed by atoms with van der Waals surface area (Å²) in [5.41, 5.74) is 3.46. The van der Waals surface area contributed by atoms with E-state index in [-0.39, 0.29) is 12.0 Å². The number of nitrogens with one attached hydrogen (secondary N) is 2. The van der Waals surface area contributed by atoms with Crippen molar-refractivity contribution in [1.29, 1.82) is 0 Å². The summed E-state index contributed by atoms with van der Waals surface area (Å²) in [5, 5.41) is 3.36. The van der Waals surface area contributed by atoms with Gasteiger partial charge in [-0.15, -0.1) is 0 Å². The third-order valence-electron chi connectivity index (χ3n) is 3.54. The highest BCUT2D eigenvalue weighted by molar-refractivity contribution is 6.31. The van der Waals surface area contributed by atoms with Gasteiger partial charge in [0.25, 0.3) is 5.91 Å². The van der Waals surface area contributed by atoms with Gasteiger partial charge in [0.05, 0.1) is 24.0 Å². The molecule has 1 fully saturated rings. The largest absolute Gasteiger partial charge is 0.374 e. The summed E-state index contributed by atoms with van der Waals surface area (Å²) < 4.78 is 5.65. The van der Waals surface area contributed by atoms with E-state index in [2.05, 4.69) is 22.6 Å². The van der Waals surface area contributed by atoms with Crippen molar-refractivity contribution < 1.29 is 9.53 Å². The van der Waals surface area contributed by atoms with E-state index in [0.717, 1.165) is 19.6 Å². The fourth-order valence-corrected chi connectivity index (χ4v) is 2.50. The molecule has 21 heavy (non-hydrogen) atoms. The van der Waals surface area contributed by atoms with E-state index in [1.807, 2.05) is 0 Å². The Kier molecular flexibility index (Phi) is 5.81. The average Bonchev–Trinajstić information content (AvgIpc) is 2.52. The third kappa shape index (κ3) is 4.31. The number of ether oxygens (including phenoxy) is 1. The van der Waals surface area contributed by atoms with Crippen LogP contribution < -0.4 is 16.6 Å². The fraction of sp³-hybridized carbons (Fsp3) is 0.500. The summed E-state index contributed by atoms with van der Waals surface area (Å²) in [4.78, 5) is 14.5. The van der Waals surface area contributed by atoms with Crippen molar-refractivity contribution in [3.63, 3.8) is 0 Å². The summed E-state index contributed by atoms with van der Waals surface area (Å²) in [6.45, 7) is 6.03. The second kappa shape index (κ2) is 7.61. The zero-order chi connectivity index (χ0) is 15.2. The van der Waals surface area contributed by atoms with Crippen LogP contribution >= 0.6 is 11.6 Å². The molecule has 1 heterocycles. The van der Waals surface area contributed by atoms with Crippen molar-refractivity contribution >= 4 is 23.2 Å². The molecule has 1 aromatic rings. The number of carbonyl (C=O) groups is 1. The minimum Gasteiger partial charge on any atom is -0.374 e. The van der Waals surface area contributed by atoms with Crippen molar-refractivity contribution in [2.24, 2.45) is 5.84 Å². The first-order valence-electron chi connectivity index (χ1n) is 7.02. The van der Waals surface area contributed by atoms with Crippen LogP contribution in [0.2, 0.25) is 5.02 Å². The molecule has 0 saturated carbocycles. The number of benzene rings is 1. The molecule has 1 unspecified atom stereocenters. The van der Waals surface area contributed by atoms with E-state index >= 15 is 0 Å². The Balaban J connectivity index is 1.94. The minimum atomic E-state index is -0.220. The normalized spacial score (nSPS) is 19.3. The summed E-state index contributed by atoms with van der Waals surface area (Å²) in [5.74, 6) is 5.19. The molecule has 0 radical (unpaired) electrons. The van der Waals surface area contributed by atoms with Gasteiger partial charge in [-0.05, 0) is 24.7 Å². The monoisotopic (exact) mass is 312 g/mol. The van der Waals surface area contributed by atoms with Crippen LogP contribution in [-0.4, -0.2) is 49.7 Å². The molecule has 0 bridgehead atoms. The van der Waals surface area contributed by atoms with E-state index < -0.39 is 0 Å². The third-order valence-corrected chi connectivity index (χ3v) is 3.78. The number of hydrogen-bond donors (Lipinski definition) is 3. The second-order valence-corrected chi connectivity index (χ2v) is 5.37. The molecule has 1 aromatic carbocycles. The SMILES string of the molecule is CCN1CCOC(CNC(=O)c2cc(Cl)ccc2NN)C1. The van der Waals surface area contributed by atoms with E-state index in [1.165, 1.54) is 0 Å². The highest BCUT2D eigenvalue weighted by Gasteiger charge is 2.20. The molecule has 0 aromatic heterocycles. The van der Waals surface area contributed by atoms with Crippen LogP contribution in [0.3, 0.4) is 0 Å². The van der Waals surface area contributed by atoms with Gasteiger partial charge in [-0.3, -0.25) is 15.5 Å². The van der Waals surface area contributed by atoms with Gasteiger partial charge in [-0.1, -0.05) is 18.5 Å². The topological polar surface area (TPSA) is 79.6 Å². The number of morpholine rings is 1. The molecule has 116 valence electrons. The Morgan fingerprint density at radius 3 is 3.10 bits per heavy atom. The lowest BCUT2D eigenvalue weighted by atomic mass is 10.1. The Labute approximate surface area is 129 Å². The first-order chi connectivity index (χ1) is 10.1. The molecular formula is C14H21ClN4O2. The number of anilines is 1. The van der Waals surface area contributed by atoms with Crippen LogP contribution in [0.15, 0.2) is 18.2 Å². The fourth-order valence-electron chi connectivity index (χ4n) is 2.32. The average molecular weight is 313 g/mol. The van der Waals surface area contributed by atoms with Crippen molar-refractivity contribution in [2.75, 3.05) is 38.2 Å². The van der Waals surface area contributed by atoms with Crippen LogP contribution in [0, 0.1) is 0 Å². The van der Waals surface area contributed by atoms with E-state index in [1.54, 1.807) is 18.2 Å². The molecular weight excluding hydrogens is 292 g/mol. The molecule has 1 saturated heterocycles. The molecule has 4 N–H and O–H groups in total. The Hall–Kier alpha value is -1.34. The summed E-state index contributed by atoms with van der Waals surface area (Å²) in [7, 11) is 0. The van der Waals surface area contributed by atoms with Crippen molar-refractivity contribution in [3.8, 4) is 0 Å². The number of halogens is 1. The Bertz CT molecular complexity index is 498. The van der Waals surface area contributed by atoms with Crippen LogP contribution in [0.1, 0.15) is 17.3 Å². The van der Waals surface area contributed by atoms with Crippen molar-refractivity contribution in [2.45, 2.75) is 13.0 Å². The maximum atomic E-state index is 12.2. The molecule has 0 aliphatic carbocycles. The van der Waals surface area contributed by atoms with Gasteiger partial charge >= 0.3 is 0 Å². The first-order valence-corrected chi connectivity index (χ1v) is 7.40. The first kappa shape index (κ1) is 16.0. The van der Waals surface area contributed by atoms with Gasteiger partial charge in [-0.2, -0.15) is 0 Å². The lowest BCUT2D eigenvalue weighted by molar-refractivity contribution is -0.0246. The van der Waals surface area contributed by atoms with E-state index in [9.17, 15) is 4.79 Å². The van der Waals surface area contributed by atoms with Gasteiger partial charge in [0.15, 0.2) is 0 Å². The highest BCUT2D eigenvalue weighted by Crippen LogP contribution is 2.19. The molecule has 7 heteroatoms. The number of rotatable bonds is 5. The smallest absolute Gasteiger partial charge is 0.253 e. The molecule has 1 atom stereocenters. The summed E-state index contributed by atoms with van der Waals surface area (Å²) in [6, 6.07) is 4.94. The number of nitrogens with zero attached hydrogens (tertiary/aromatic N) is 1. The predicted octanol–water partition coefficient (Wildman–Crippen LogP) is 1.08. The number of hydrogen-bond acceptors (Lipinski definition) is 5. The lowest BCUT2D eigenvalue weighted by Crippen LogP contribution is -2.47. The minimum absolute atomic E-state index is 0.0103. The number of hydrazine groups is 1. The molecule has 0 spiro atoms. The quantitative estimate of drug-likeness (QED) is 0.560.